The predicted octanol–water partition coefficient (Wildman–Crippen LogP) is 3.43. The molecular formula is C23H39IN4O2. The minimum atomic E-state index is -0.0199. The summed E-state index contributed by atoms with van der Waals surface area (Å²) < 4.78 is 5.67. The van der Waals surface area contributed by atoms with Crippen molar-refractivity contribution in [1.82, 2.24) is 15.1 Å². The molecule has 0 unspecified atom stereocenters. The topological polar surface area (TPSA) is 57.2 Å². The molecule has 0 radical (unpaired) electrons. The Morgan fingerprint density at radius 3 is 2.37 bits per heavy atom. The minimum Gasteiger partial charge on any atom is -0.381 e. The number of amides is 1. The third-order valence-corrected chi connectivity index (χ3v) is 5.88. The highest BCUT2D eigenvalue weighted by Crippen LogP contribution is 2.37. The summed E-state index contributed by atoms with van der Waals surface area (Å²) in [6, 6.07) is 8.61. The van der Waals surface area contributed by atoms with Crippen LogP contribution in [0.2, 0.25) is 0 Å². The van der Waals surface area contributed by atoms with Gasteiger partial charge in [-0.05, 0) is 51.7 Å². The second-order valence-corrected chi connectivity index (χ2v) is 7.80. The van der Waals surface area contributed by atoms with Gasteiger partial charge in [0.2, 0.25) is 5.91 Å². The molecule has 1 N–H and O–H groups in total. The summed E-state index contributed by atoms with van der Waals surface area (Å²) in [5, 5.41) is 3.36. The van der Waals surface area contributed by atoms with Crippen molar-refractivity contribution in [2.75, 3.05) is 53.0 Å². The normalized spacial score (nSPS) is 15.8. The first kappa shape index (κ1) is 26.7. The molecule has 1 aromatic carbocycles. The number of carbonyl (C=O) groups excluding carboxylic acids is 1. The van der Waals surface area contributed by atoms with Crippen LogP contribution in [-0.4, -0.2) is 74.7 Å². The molecule has 0 spiro atoms. The first-order valence-electron chi connectivity index (χ1n) is 10.9. The van der Waals surface area contributed by atoms with Crippen LogP contribution in [0.3, 0.4) is 0 Å². The summed E-state index contributed by atoms with van der Waals surface area (Å²) in [5.74, 6) is 0.912. The van der Waals surface area contributed by atoms with Crippen LogP contribution in [0.1, 0.15) is 44.7 Å². The number of benzene rings is 1. The fourth-order valence-electron chi connectivity index (χ4n) is 4.09. The molecule has 1 heterocycles. The van der Waals surface area contributed by atoms with E-state index in [0.717, 1.165) is 51.6 Å². The van der Waals surface area contributed by atoms with Gasteiger partial charge < -0.3 is 19.9 Å². The third kappa shape index (κ3) is 6.83. The van der Waals surface area contributed by atoms with Gasteiger partial charge in [0.05, 0.1) is 13.1 Å². The van der Waals surface area contributed by atoms with Crippen molar-refractivity contribution in [1.29, 1.82) is 0 Å². The van der Waals surface area contributed by atoms with E-state index < -0.39 is 0 Å². The summed E-state index contributed by atoms with van der Waals surface area (Å²) in [6.07, 6.45) is 1.92. The lowest BCUT2D eigenvalue weighted by Gasteiger charge is -2.38. The molecule has 6 nitrogen and oxygen atoms in total. The Morgan fingerprint density at radius 2 is 1.80 bits per heavy atom. The number of carbonyl (C=O) groups is 1. The molecule has 0 saturated carbocycles. The van der Waals surface area contributed by atoms with Gasteiger partial charge in [-0.2, -0.15) is 0 Å². The first-order valence-corrected chi connectivity index (χ1v) is 10.9. The number of rotatable bonds is 8. The average Bonchev–Trinajstić information content (AvgIpc) is 2.73. The zero-order chi connectivity index (χ0) is 21.3. The molecule has 1 amide bonds. The molecule has 1 aromatic rings. The Bertz CT molecular complexity index is 686. The van der Waals surface area contributed by atoms with Crippen molar-refractivity contribution in [2.45, 2.75) is 46.0 Å². The van der Waals surface area contributed by atoms with E-state index in [4.69, 9.17) is 9.73 Å². The molecule has 1 aliphatic heterocycles. The predicted molar refractivity (Wildman–Crippen MR) is 135 cm³/mol. The van der Waals surface area contributed by atoms with Crippen LogP contribution >= 0.6 is 24.0 Å². The molecule has 0 aromatic heterocycles. The van der Waals surface area contributed by atoms with Crippen LogP contribution in [0.25, 0.3) is 0 Å². The maximum atomic E-state index is 12.5. The summed E-state index contributed by atoms with van der Waals surface area (Å²) in [5.41, 5.74) is 2.65. The maximum Gasteiger partial charge on any atom is 0.242 e. The van der Waals surface area contributed by atoms with Crippen LogP contribution < -0.4 is 5.32 Å². The molecule has 0 atom stereocenters. The number of ether oxygens (including phenoxy) is 1. The van der Waals surface area contributed by atoms with E-state index in [1.54, 1.807) is 0 Å². The summed E-state index contributed by atoms with van der Waals surface area (Å²) >= 11 is 0. The van der Waals surface area contributed by atoms with Crippen LogP contribution in [0.15, 0.2) is 29.3 Å². The number of nitrogens with zero attached hydrogens (tertiary/aromatic N) is 3. The zero-order valence-corrected chi connectivity index (χ0v) is 21.6. The molecule has 30 heavy (non-hydrogen) atoms. The van der Waals surface area contributed by atoms with Crippen molar-refractivity contribution in [3.63, 3.8) is 0 Å². The Balaban J connectivity index is 0.00000450. The van der Waals surface area contributed by atoms with Crippen LogP contribution in [0, 0.1) is 6.92 Å². The number of aryl methyl sites for hydroxylation is 1. The van der Waals surface area contributed by atoms with Gasteiger partial charge in [-0.25, -0.2) is 0 Å². The molecule has 0 bridgehead atoms. The van der Waals surface area contributed by atoms with Gasteiger partial charge in [0.25, 0.3) is 0 Å². The number of hydrogen-bond donors (Lipinski definition) is 1. The highest BCUT2D eigenvalue weighted by atomic mass is 127. The summed E-state index contributed by atoms with van der Waals surface area (Å²) in [4.78, 5) is 21.3. The smallest absolute Gasteiger partial charge is 0.242 e. The van der Waals surface area contributed by atoms with E-state index in [1.807, 2.05) is 30.7 Å². The average molecular weight is 530 g/mol. The van der Waals surface area contributed by atoms with E-state index >= 15 is 0 Å². The van der Waals surface area contributed by atoms with Crippen molar-refractivity contribution in [3.05, 3.63) is 35.4 Å². The highest BCUT2D eigenvalue weighted by molar-refractivity contribution is 14.0. The van der Waals surface area contributed by atoms with Crippen molar-refractivity contribution >= 4 is 35.8 Å². The standard InChI is InChI=1S/C23H38N4O2.HI/c1-6-24-22(26(5)17-21(28)27(7-2)8-3)25-18-23(13-15-29-16-14-23)20-12-10-9-11-19(20)4;/h9-12H,6-8,13-18H2,1-5H3,(H,24,25);1H. The maximum absolute atomic E-state index is 12.5. The Hall–Kier alpha value is -1.35. The van der Waals surface area contributed by atoms with Crippen LogP contribution in [0.4, 0.5) is 0 Å². The van der Waals surface area contributed by atoms with Gasteiger partial charge in [0.15, 0.2) is 5.96 Å². The fraction of sp³-hybridized carbons (Fsp3) is 0.652. The molecule has 0 aliphatic carbocycles. The van der Waals surface area contributed by atoms with Gasteiger partial charge >= 0.3 is 0 Å². The van der Waals surface area contributed by atoms with E-state index in [9.17, 15) is 4.79 Å². The molecule has 1 fully saturated rings. The number of likely N-dealkylation sites (N-methyl/N-ethyl adjacent to an activating group) is 2. The number of hydrogen-bond acceptors (Lipinski definition) is 3. The van der Waals surface area contributed by atoms with Crippen LogP contribution in [-0.2, 0) is 14.9 Å². The lowest BCUT2D eigenvalue weighted by Crippen LogP contribution is -2.46. The number of aliphatic imine (C=N–C) groups is 1. The number of guanidine groups is 1. The first-order chi connectivity index (χ1) is 14.0. The molecule has 1 aliphatic rings. The summed E-state index contributed by atoms with van der Waals surface area (Å²) in [7, 11) is 1.94. The molecular weight excluding hydrogens is 491 g/mol. The van der Waals surface area contributed by atoms with Gasteiger partial charge in [-0.1, -0.05) is 24.3 Å². The van der Waals surface area contributed by atoms with Crippen molar-refractivity contribution in [3.8, 4) is 0 Å². The monoisotopic (exact) mass is 530 g/mol. The SMILES string of the molecule is CCNC(=NCC1(c2ccccc2C)CCOCC1)N(C)CC(=O)N(CC)CC.I. The Labute approximate surface area is 199 Å². The van der Waals surface area contributed by atoms with E-state index in [1.165, 1.54) is 11.1 Å². The molecule has 1 saturated heterocycles. The highest BCUT2D eigenvalue weighted by Gasteiger charge is 2.35. The van der Waals surface area contributed by atoms with Gasteiger partial charge in [0.1, 0.15) is 0 Å². The molecule has 2 rings (SSSR count). The molecule has 7 heteroatoms. The van der Waals surface area contributed by atoms with Crippen molar-refractivity contribution < 1.29 is 9.53 Å². The zero-order valence-electron chi connectivity index (χ0n) is 19.2. The minimum absolute atomic E-state index is 0. The van der Waals surface area contributed by atoms with Gasteiger partial charge in [-0.3, -0.25) is 9.79 Å². The summed E-state index contributed by atoms with van der Waals surface area (Å²) in [6.45, 7) is 13.0. The second-order valence-electron chi connectivity index (χ2n) is 7.80. The van der Waals surface area contributed by atoms with Crippen LogP contribution in [0.5, 0.6) is 0 Å². The Morgan fingerprint density at radius 1 is 1.17 bits per heavy atom. The second kappa shape index (κ2) is 13.1. The quantitative estimate of drug-likeness (QED) is 0.318. The number of nitrogens with one attached hydrogen (secondary N) is 1. The fourth-order valence-corrected chi connectivity index (χ4v) is 4.09. The van der Waals surface area contributed by atoms with E-state index in [2.05, 4.69) is 43.4 Å². The lowest BCUT2D eigenvalue weighted by atomic mass is 9.72. The molecule has 170 valence electrons. The van der Waals surface area contributed by atoms with E-state index in [-0.39, 0.29) is 35.3 Å². The lowest BCUT2D eigenvalue weighted by molar-refractivity contribution is -0.131. The van der Waals surface area contributed by atoms with E-state index in [0.29, 0.717) is 13.1 Å². The third-order valence-electron chi connectivity index (χ3n) is 5.88. The van der Waals surface area contributed by atoms with Gasteiger partial charge in [-0.15, -0.1) is 24.0 Å². The largest absolute Gasteiger partial charge is 0.381 e. The Kier molecular flexibility index (Phi) is 11.7. The van der Waals surface area contributed by atoms with Gasteiger partial charge in [0, 0.05) is 45.3 Å². The van der Waals surface area contributed by atoms with Crippen molar-refractivity contribution in [2.24, 2.45) is 4.99 Å². The number of halogens is 1.